The fourth-order valence-electron chi connectivity index (χ4n) is 1.07. The van der Waals surface area contributed by atoms with Crippen molar-refractivity contribution in [2.45, 2.75) is 6.61 Å². The molecular formula is C7H8N2OS. The number of thiophene rings is 1. The van der Waals surface area contributed by atoms with Gasteiger partial charge in [0.1, 0.15) is 4.83 Å². The van der Waals surface area contributed by atoms with Crippen molar-refractivity contribution in [1.82, 2.24) is 9.78 Å². The third kappa shape index (κ3) is 0.948. The molecule has 0 radical (unpaired) electrons. The van der Waals surface area contributed by atoms with Crippen molar-refractivity contribution in [2.75, 3.05) is 0 Å². The second-order valence-electron chi connectivity index (χ2n) is 2.40. The van der Waals surface area contributed by atoms with Crippen LogP contribution in [0.1, 0.15) is 4.88 Å². The van der Waals surface area contributed by atoms with Crippen LogP contribution in [0.2, 0.25) is 0 Å². The van der Waals surface area contributed by atoms with Gasteiger partial charge in [0.25, 0.3) is 0 Å². The predicted octanol–water partition coefficient (Wildman–Crippen LogP) is 1.13. The van der Waals surface area contributed by atoms with Gasteiger partial charge in [0.05, 0.1) is 12.8 Å². The zero-order chi connectivity index (χ0) is 7.84. The Balaban J connectivity index is 2.70. The molecule has 2 aromatic rings. The molecule has 0 aliphatic carbocycles. The van der Waals surface area contributed by atoms with Gasteiger partial charge in [0.15, 0.2) is 0 Å². The van der Waals surface area contributed by atoms with Gasteiger partial charge in [0.2, 0.25) is 0 Å². The maximum Gasteiger partial charge on any atom is 0.121 e. The first-order chi connectivity index (χ1) is 5.31. The number of nitrogens with zero attached hydrogens (tertiary/aromatic N) is 2. The largest absolute Gasteiger partial charge is 0.391 e. The summed E-state index contributed by atoms with van der Waals surface area (Å²) in [5, 5.41) is 14.0. The monoisotopic (exact) mass is 168 g/mol. The molecule has 2 aromatic heterocycles. The van der Waals surface area contributed by atoms with Crippen molar-refractivity contribution in [2.24, 2.45) is 7.05 Å². The lowest BCUT2D eigenvalue weighted by molar-refractivity contribution is 0.285. The van der Waals surface area contributed by atoms with E-state index in [-0.39, 0.29) is 6.61 Å². The van der Waals surface area contributed by atoms with Crippen molar-refractivity contribution >= 4 is 21.6 Å². The van der Waals surface area contributed by atoms with Crippen LogP contribution in [0.25, 0.3) is 10.2 Å². The molecule has 11 heavy (non-hydrogen) atoms. The standard InChI is InChI=1S/C7H8N2OS/c1-9-7-5(3-8-9)2-6(4-10)11-7/h2-3,10H,4H2,1H3. The first kappa shape index (κ1) is 6.82. The Morgan fingerprint density at radius 2 is 2.55 bits per heavy atom. The summed E-state index contributed by atoms with van der Waals surface area (Å²) < 4.78 is 1.82. The molecule has 0 aliphatic heterocycles. The summed E-state index contributed by atoms with van der Waals surface area (Å²) in [6.07, 6.45) is 1.81. The molecule has 3 nitrogen and oxygen atoms in total. The molecule has 0 unspecified atom stereocenters. The maximum absolute atomic E-state index is 8.83. The fourth-order valence-corrected chi connectivity index (χ4v) is 1.98. The van der Waals surface area contributed by atoms with E-state index in [1.54, 1.807) is 11.3 Å². The van der Waals surface area contributed by atoms with Gasteiger partial charge < -0.3 is 5.11 Å². The second kappa shape index (κ2) is 2.32. The van der Waals surface area contributed by atoms with Crippen LogP contribution < -0.4 is 0 Å². The van der Waals surface area contributed by atoms with Crippen molar-refractivity contribution in [3.05, 3.63) is 17.1 Å². The molecular weight excluding hydrogens is 160 g/mol. The van der Waals surface area contributed by atoms with Crippen LogP contribution in [0, 0.1) is 0 Å². The van der Waals surface area contributed by atoms with Gasteiger partial charge in [0, 0.05) is 17.3 Å². The van der Waals surface area contributed by atoms with E-state index in [0.29, 0.717) is 0 Å². The Labute approximate surface area is 67.9 Å². The first-order valence-corrected chi connectivity index (χ1v) is 4.14. The highest BCUT2D eigenvalue weighted by Gasteiger charge is 2.03. The average molecular weight is 168 g/mol. The molecule has 0 fully saturated rings. The van der Waals surface area contributed by atoms with Crippen molar-refractivity contribution in [1.29, 1.82) is 0 Å². The average Bonchev–Trinajstić information content (AvgIpc) is 2.53. The molecule has 0 amide bonds. The number of aliphatic hydroxyl groups is 1. The number of rotatable bonds is 1. The van der Waals surface area contributed by atoms with Crippen LogP contribution in [-0.4, -0.2) is 14.9 Å². The molecule has 0 atom stereocenters. The van der Waals surface area contributed by atoms with Crippen LogP contribution in [0.3, 0.4) is 0 Å². The Bertz CT molecular complexity index is 377. The lowest BCUT2D eigenvalue weighted by Crippen LogP contribution is -1.85. The van der Waals surface area contributed by atoms with Crippen LogP contribution >= 0.6 is 11.3 Å². The molecule has 0 saturated carbocycles. The number of aromatic nitrogens is 2. The highest BCUT2D eigenvalue weighted by Crippen LogP contribution is 2.24. The topological polar surface area (TPSA) is 38.0 Å². The minimum Gasteiger partial charge on any atom is -0.391 e. The molecule has 2 heterocycles. The zero-order valence-electron chi connectivity index (χ0n) is 6.11. The molecule has 0 aromatic carbocycles. The summed E-state index contributed by atoms with van der Waals surface area (Å²) in [7, 11) is 1.90. The highest BCUT2D eigenvalue weighted by molar-refractivity contribution is 7.18. The molecule has 58 valence electrons. The number of aryl methyl sites for hydroxylation is 1. The van der Waals surface area contributed by atoms with E-state index in [9.17, 15) is 0 Å². The van der Waals surface area contributed by atoms with Gasteiger partial charge >= 0.3 is 0 Å². The molecule has 2 rings (SSSR count). The summed E-state index contributed by atoms with van der Waals surface area (Å²) >= 11 is 1.58. The van der Waals surface area contributed by atoms with E-state index in [0.717, 1.165) is 15.1 Å². The molecule has 0 aliphatic rings. The molecule has 4 heteroatoms. The van der Waals surface area contributed by atoms with E-state index in [1.165, 1.54) is 0 Å². The van der Waals surface area contributed by atoms with E-state index in [1.807, 2.05) is 24.0 Å². The van der Waals surface area contributed by atoms with Crippen LogP contribution in [0.5, 0.6) is 0 Å². The summed E-state index contributed by atoms with van der Waals surface area (Å²) in [5.41, 5.74) is 0. The van der Waals surface area contributed by atoms with Crippen LogP contribution in [0.4, 0.5) is 0 Å². The van der Waals surface area contributed by atoms with E-state index < -0.39 is 0 Å². The van der Waals surface area contributed by atoms with Gasteiger partial charge in [-0.2, -0.15) is 5.10 Å². The SMILES string of the molecule is Cn1ncc2cc(CO)sc21. The lowest BCUT2D eigenvalue weighted by Gasteiger charge is -1.86. The molecule has 0 saturated heterocycles. The molecule has 0 bridgehead atoms. The van der Waals surface area contributed by atoms with E-state index in [2.05, 4.69) is 5.10 Å². The number of hydrogen-bond donors (Lipinski definition) is 1. The van der Waals surface area contributed by atoms with Gasteiger partial charge in [-0.1, -0.05) is 0 Å². The van der Waals surface area contributed by atoms with Crippen LogP contribution in [0.15, 0.2) is 12.3 Å². The summed E-state index contributed by atoms with van der Waals surface area (Å²) in [4.78, 5) is 2.11. The minimum absolute atomic E-state index is 0.124. The fraction of sp³-hybridized carbons (Fsp3) is 0.286. The van der Waals surface area contributed by atoms with Crippen molar-refractivity contribution in [3.63, 3.8) is 0 Å². The van der Waals surface area contributed by atoms with Gasteiger partial charge in [-0.05, 0) is 6.07 Å². The Morgan fingerprint density at radius 3 is 3.18 bits per heavy atom. The van der Waals surface area contributed by atoms with Crippen molar-refractivity contribution in [3.8, 4) is 0 Å². The molecule has 1 N–H and O–H groups in total. The van der Waals surface area contributed by atoms with Gasteiger partial charge in [-0.25, -0.2) is 0 Å². The Morgan fingerprint density at radius 1 is 1.73 bits per heavy atom. The smallest absolute Gasteiger partial charge is 0.121 e. The Hall–Kier alpha value is -0.870. The van der Waals surface area contributed by atoms with Crippen molar-refractivity contribution < 1.29 is 5.11 Å². The highest BCUT2D eigenvalue weighted by atomic mass is 32.1. The van der Waals surface area contributed by atoms with E-state index in [4.69, 9.17) is 5.11 Å². The lowest BCUT2D eigenvalue weighted by atomic mass is 10.4. The third-order valence-corrected chi connectivity index (χ3v) is 2.81. The number of fused-ring (bicyclic) bond motifs is 1. The van der Waals surface area contributed by atoms with Crippen LogP contribution in [-0.2, 0) is 13.7 Å². The summed E-state index contributed by atoms with van der Waals surface area (Å²) in [5.74, 6) is 0. The summed E-state index contributed by atoms with van der Waals surface area (Å²) in [6, 6.07) is 1.97. The number of aliphatic hydroxyl groups excluding tert-OH is 1. The van der Waals surface area contributed by atoms with Gasteiger partial charge in [-0.15, -0.1) is 11.3 Å². The number of hydrogen-bond acceptors (Lipinski definition) is 3. The predicted molar refractivity (Wildman–Crippen MR) is 44.5 cm³/mol. The van der Waals surface area contributed by atoms with E-state index >= 15 is 0 Å². The maximum atomic E-state index is 8.83. The summed E-state index contributed by atoms with van der Waals surface area (Å²) in [6.45, 7) is 0.124. The minimum atomic E-state index is 0.124. The molecule has 0 spiro atoms. The Kier molecular flexibility index (Phi) is 1.44. The zero-order valence-corrected chi connectivity index (χ0v) is 6.93. The van der Waals surface area contributed by atoms with Gasteiger partial charge in [-0.3, -0.25) is 4.68 Å². The quantitative estimate of drug-likeness (QED) is 0.693. The normalized spacial score (nSPS) is 11.1. The first-order valence-electron chi connectivity index (χ1n) is 3.32. The third-order valence-electron chi connectivity index (χ3n) is 1.61. The second-order valence-corrected chi connectivity index (χ2v) is 3.51.